The minimum absolute atomic E-state index is 0.0371. The molecule has 24 N–H and O–H groups in total. The first-order valence-corrected chi connectivity index (χ1v) is 38.9. The number of para-hydroxylation sites is 2. The van der Waals surface area contributed by atoms with E-state index in [1.54, 1.807) is 68.7 Å². The Kier molecular flexibility index (Phi) is 38.4. The van der Waals surface area contributed by atoms with E-state index in [0.717, 1.165) is 38.5 Å². The highest BCUT2D eigenvalue weighted by molar-refractivity contribution is 6.00. The van der Waals surface area contributed by atoms with Crippen molar-refractivity contribution >= 4 is 98.7 Å². The molecule has 0 radical (unpaired) electrons. The lowest BCUT2D eigenvalue weighted by Crippen LogP contribution is -2.62. The number of fused-ring (bicyclic) bond motifs is 2. The van der Waals surface area contributed by atoms with Crippen molar-refractivity contribution in [1.82, 2.24) is 73.8 Å². The molecule has 2 aromatic heterocycles. The molecule has 0 unspecified atom stereocenters. The number of carbonyl (C=O) groups excluding carboxylic acids is 13. The molecule has 34 nitrogen and oxygen atoms in total. The van der Waals surface area contributed by atoms with Crippen LogP contribution in [0.15, 0.2) is 85.2 Å². The third kappa shape index (κ3) is 29.0. The maximum atomic E-state index is 15.0. The van der Waals surface area contributed by atoms with Crippen molar-refractivity contribution in [2.24, 2.45) is 28.9 Å². The molecule has 1 aliphatic rings. The van der Waals surface area contributed by atoms with Crippen molar-refractivity contribution in [2.45, 2.75) is 223 Å². The maximum Gasteiger partial charge on any atom is 0.331 e. The Balaban J connectivity index is 1.21. The van der Waals surface area contributed by atoms with Gasteiger partial charge in [0, 0.05) is 59.9 Å². The van der Waals surface area contributed by atoms with Crippen LogP contribution < -0.4 is 86.7 Å². The SMILES string of the molecule is CCCCCCCCCC(=O)N[C@H](CCCN)C(=O)N[C@H](Cc1ccc(O)cc1)C(=O)N[C@H](Cc1c[nH]c2ccccc12)C(=O)N[C@H](CCCN)C(=O)N[C@@H](CCCN)C(=O)NCC(=O)N[C@H](CCCN)C(=O)N[C@@H](Cc1c[nH]c2ccccc12)C(=O)N[C@@H]1C(=O)N[C@@H]([C@@H](C)CC)C(=O)NCC(=O)N[C@@H](CO)C(=O)O[C@@H]1C. The van der Waals surface area contributed by atoms with Crippen LogP contribution >= 0.6 is 0 Å². The number of phenolic OH excluding ortho intramolecular Hbond substituents is 1. The molecule has 1 fully saturated rings. The molecule has 1 saturated heterocycles. The van der Waals surface area contributed by atoms with E-state index in [2.05, 4.69) is 80.7 Å². The Hall–Kier alpha value is -10.5. The number of hydrogen-bond donors (Lipinski definition) is 20. The minimum atomic E-state index is -1.78. The Bertz CT molecular complexity index is 3930. The number of carbonyl (C=O) groups is 13. The number of aliphatic hydroxyl groups excluding tert-OH is 1. The molecule has 0 spiro atoms. The molecule has 3 aromatic carbocycles. The molecule has 3 heterocycles. The lowest BCUT2D eigenvalue weighted by molar-refractivity contribution is -0.157. The summed E-state index contributed by atoms with van der Waals surface area (Å²) in [5.41, 5.74) is 26.8. The molecule has 0 aliphatic carbocycles. The molecule has 0 saturated carbocycles. The summed E-state index contributed by atoms with van der Waals surface area (Å²) in [6, 6.07) is 5.88. The Morgan fingerprint density at radius 2 is 0.964 bits per heavy atom. The van der Waals surface area contributed by atoms with Gasteiger partial charge in [0.05, 0.1) is 19.7 Å². The van der Waals surface area contributed by atoms with E-state index in [-0.39, 0.29) is 108 Å². The predicted octanol–water partition coefficient (Wildman–Crippen LogP) is -0.457. The number of unbranched alkanes of at least 4 members (excludes halogenated alkanes) is 6. The van der Waals surface area contributed by atoms with Gasteiger partial charge in [0.2, 0.25) is 70.9 Å². The summed E-state index contributed by atoms with van der Waals surface area (Å²) in [4.78, 5) is 191. The number of aliphatic hydroxyl groups is 1. The van der Waals surface area contributed by atoms with E-state index in [9.17, 15) is 67.7 Å². The number of benzene rings is 3. The Labute approximate surface area is 652 Å². The average molecular weight is 1560 g/mol. The number of aromatic nitrogens is 2. The van der Waals surface area contributed by atoms with Crippen LogP contribution in [0.1, 0.15) is 154 Å². The fourth-order valence-corrected chi connectivity index (χ4v) is 12.9. The second kappa shape index (κ2) is 47.6. The zero-order chi connectivity index (χ0) is 81.7. The fraction of sp³-hybridized carbons (Fsp3) is 0.551. The molecular weight excluding hydrogens is 1440 g/mol. The second-order valence-electron chi connectivity index (χ2n) is 28.4. The van der Waals surface area contributed by atoms with Crippen molar-refractivity contribution in [3.05, 3.63) is 102 Å². The molecule has 12 atom stereocenters. The van der Waals surface area contributed by atoms with Gasteiger partial charge in [0.1, 0.15) is 66.2 Å². The van der Waals surface area contributed by atoms with Crippen molar-refractivity contribution in [1.29, 1.82) is 0 Å². The fourth-order valence-electron chi connectivity index (χ4n) is 12.9. The van der Waals surface area contributed by atoms with Crippen LogP contribution in [0, 0.1) is 5.92 Å². The number of H-pyrrole nitrogens is 2. The average Bonchev–Trinajstić information content (AvgIpc) is 1.60. The van der Waals surface area contributed by atoms with E-state index in [1.807, 2.05) is 18.2 Å². The monoisotopic (exact) mass is 1560 g/mol. The van der Waals surface area contributed by atoms with Crippen LogP contribution in [0.3, 0.4) is 0 Å². The number of cyclic esters (lactones) is 1. The van der Waals surface area contributed by atoms with E-state index in [0.29, 0.717) is 57.8 Å². The van der Waals surface area contributed by atoms with Crippen LogP contribution in [-0.2, 0) is 86.3 Å². The summed E-state index contributed by atoms with van der Waals surface area (Å²) in [5, 5.41) is 53.3. The highest BCUT2D eigenvalue weighted by atomic mass is 16.5. The third-order valence-electron chi connectivity index (χ3n) is 19.6. The minimum Gasteiger partial charge on any atom is -0.508 e. The molecule has 6 rings (SSSR count). The van der Waals surface area contributed by atoms with Gasteiger partial charge in [-0.3, -0.25) is 57.5 Å². The zero-order valence-corrected chi connectivity index (χ0v) is 64.5. The first-order valence-electron chi connectivity index (χ1n) is 38.9. The number of hydrogen-bond acceptors (Lipinski definition) is 20. The standard InChI is InChI=1S/C78H116N18O16/c1-5-7-8-9-10-11-12-29-64(99)87-57(26-18-35-80)70(103)92-60(38-48-30-32-51(98)33-31-48)73(106)94-61(39-49-41-83-54-23-15-13-21-52(49)54)74(107)91-59(28-20-37-82)72(105)90-56(25-17-34-79)69(102)85-43-65(100)88-58(27-19-36-81)71(104)93-62(40-50-42-84-55-24-16-14-22-53(50)55)75(108)96-68-47(4)112-78(111)63(45-97)89-66(101)44-86-76(109)67(46(3)6-2)95-77(68)110/h13-16,21-24,30-33,41-42,46-47,56-63,67-68,83-84,97-98H,5-12,17-20,25-29,34-40,43-45,79-82H2,1-4H3,(H,85,102)(H,86,109)(H,87,99)(H,88,100)(H,89,101)(H,90,105)(H,91,107)(H,92,103)(H,93,104)(H,94,106)(H,95,110)(H,96,108)/t46-,47+,56-,57+,58+,59+,60+,61+,62-,63-,67-,68-/m0/s1. The van der Waals surface area contributed by atoms with Crippen LogP contribution in [0.5, 0.6) is 5.75 Å². The maximum absolute atomic E-state index is 15.0. The molecule has 5 aromatic rings. The van der Waals surface area contributed by atoms with Crippen molar-refractivity contribution < 1.29 is 77.3 Å². The number of esters is 1. The van der Waals surface area contributed by atoms with Gasteiger partial charge in [-0.1, -0.05) is 114 Å². The van der Waals surface area contributed by atoms with Gasteiger partial charge in [0.15, 0.2) is 6.04 Å². The zero-order valence-electron chi connectivity index (χ0n) is 64.5. The van der Waals surface area contributed by atoms with Gasteiger partial charge in [0.25, 0.3) is 0 Å². The van der Waals surface area contributed by atoms with E-state index >= 15 is 4.79 Å². The summed E-state index contributed by atoms with van der Waals surface area (Å²) in [6.07, 6.45) is 9.38. The van der Waals surface area contributed by atoms with E-state index in [4.69, 9.17) is 27.7 Å². The number of amides is 12. The molecule has 1 aliphatic heterocycles. The summed E-state index contributed by atoms with van der Waals surface area (Å²) >= 11 is 0. The summed E-state index contributed by atoms with van der Waals surface area (Å²) in [5.74, 6) is -11.6. The largest absolute Gasteiger partial charge is 0.508 e. The van der Waals surface area contributed by atoms with Crippen LogP contribution in [0.25, 0.3) is 21.8 Å². The summed E-state index contributed by atoms with van der Waals surface area (Å²) in [6.45, 7) is 4.85. The Morgan fingerprint density at radius 1 is 0.518 bits per heavy atom. The van der Waals surface area contributed by atoms with Crippen molar-refractivity contribution in [2.75, 3.05) is 45.9 Å². The van der Waals surface area contributed by atoms with Gasteiger partial charge in [-0.15, -0.1) is 0 Å². The van der Waals surface area contributed by atoms with E-state index < -0.39 is 163 Å². The normalized spacial score (nSPS) is 17.6. The number of aromatic hydroxyl groups is 1. The van der Waals surface area contributed by atoms with E-state index in [1.165, 1.54) is 19.1 Å². The van der Waals surface area contributed by atoms with Crippen molar-refractivity contribution in [3.63, 3.8) is 0 Å². The first kappa shape index (κ1) is 90.3. The molecule has 0 bridgehead atoms. The lowest BCUT2D eigenvalue weighted by Gasteiger charge is -2.30. The number of nitrogens with one attached hydrogen (secondary N) is 14. The van der Waals surface area contributed by atoms with Crippen LogP contribution in [-0.4, -0.2) is 209 Å². The molecule has 34 heteroatoms. The van der Waals surface area contributed by atoms with Crippen molar-refractivity contribution in [3.8, 4) is 5.75 Å². The highest BCUT2D eigenvalue weighted by Gasteiger charge is 2.40. The first-order chi connectivity index (χ1) is 53.8. The van der Waals surface area contributed by atoms with Gasteiger partial charge < -0.3 is 112 Å². The van der Waals surface area contributed by atoms with Crippen LogP contribution in [0.4, 0.5) is 0 Å². The number of phenols is 1. The smallest absolute Gasteiger partial charge is 0.331 e. The predicted molar refractivity (Wildman–Crippen MR) is 419 cm³/mol. The molecule has 614 valence electrons. The van der Waals surface area contributed by atoms with Crippen LogP contribution in [0.2, 0.25) is 0 Å². The number of rotatable bonds is 46. The number of aromatic amines is 2. The number of nitrogens with two attached hydrogens (primary N) is 4. The quantitative estimate of drug-likeness (QED) is 0.0173. The Morgan fingerprint density at radius 3 is 1.46 bits per heavy atom. The van der Waals surface area contributed by atoms with Gasteiger partial charge in [-0.05, 0) is 138 Å². The molecule has 12 amide bonds. The highest BCUT2D eigenvalue weighted by Crippen LogP contribution is 2.23. The van der Waals surface area contributed by atoms with Gasteiger partial charge in [-0.2, -0.15) is 0 Å². The second-order valence-corrected chi connectivity index (χ2v) is 28.4. The molecular formula is C78H116N18O16. The summed E-state index contributed by atoms with van der Waals surface area (Å²) in [7, 11) is 0. The summed E-state index contributed by atoms with van der Waals surface area (Å²) < 4.78 is 5.58. The topological polar surface area (TPSA) is 552 Å². The molecule has 112 heavy (non-hydrogen) atoms. The van der Waals surface area contributed by atoms with Gasteiger partial charge >= 0.3 is 5.97 Å². The third-order valence-corrected chi connectivity index (χ3v) is 19.6. The number of ether oxygens (including phenoxy) is 1. The van der Waals surface area contributed by atoms with Gasteiger partial charge in [-0.25, -0.2) is 4.79 Å². The lowest BCUT2D eigenvalue weighted by atomic mass is 9.97.